The summed E-state index contributed by atoms with van der Waals surface area (Å²) < 4.78 is 26.4. The molecule has 0 aromatic heterocycles. The predicted octanol–water partition coefficient (Wildman–Crippen LogP) is 1.95. The molecule has 0 fully saturated rings. The maximum absolute atomic E-state index is 11.9. The Kier molecular flexibility index (Phi) is 6.21. The zero-order chi connectivity index (χ0) is 14.3. The van der Waals surface area contributed by atoms with E-state index < -0.39 is 10.0 Å². The van der Waals surface area contributed by atoms with E-state index in [9.17, 15) is 8.42 Å². The monoisotopic (exact) mass is 282 g/mol. The highest BCUT2D eigenvalue weighted by Crippen LogP contribution is 2.07. The van der Waals surface area contributed by atoms with Gasteiger partial charge in [-0.15, -0.1) is 0 Å². The SMILES string of the molecule is CC(C)C[C@H](CN)NS(=O)(=O)/C=C/c1ccccc1. The second kappa shape index (κ2) is 7.43. The Balaban J connectivity index is 2.68. The summed E-state index contributed by atoms with van der Waals surface area (Å²) in [5, 5.41) is 1.19. The lowest BCUT2D eigenvalue weighted by Gasteiger charge is -2.17. The first-order valence-corrected chi connectivity index (χ1v) is 7.93. The van der Waals surface area contributed by atoms with Gasteiger partial charge in [-0.2, -0.15) is 0 Å². The van der Waals surface area contributed by atoms with Gasteiger partial charge in [0.25, 0.3) is 0 Å². The zero-order valence-electron chi connectivity index (χ0n) is 11.4. The third-order valence-corrected chi connectivity index (χ3v) is 3.77. The number of hydrogen-bond donors (Lipinski definition) is 2. The molecule has 0 radical (unpaired) electrons. The average molecular weight is 282 g/mol. The van der Waals surface area contributed by atoms with Crippen LogP contribution in [0.1, 0.15) is 25.8 Å². The van der Waals surface area contributed by atoms with E-state index in [1.807, 2.05) is 44.2 Å². The predicted molar refractivity (Wildman–Crippen MR) is 79.8 cm³/mol. The van der Waals surface area contributed by atoms with Crippen LogP contribution in [0, 0.1) is 5.92 Å². The molecule has 1 aromatic carbocycles. The molecular weight excluding hydrogens is 260 g/mol. The van der Waals surface area contributed by atoms with Crippen molar-refractivity contribution in [2.75, 3.05) is 6.54 Å². The van der Waals surface area contributed by atoms with Crippen LogP contribution < -0.4 is 10.5 Å². The van der Waals surface area contributed by atoms with E-state index in [1.165, 1.54) is 5.41 Å². The lowest BCUT2D eigenvalue weighted by atomic mass is 10.1. The normalized spacial score (nSPS) is 14.1. The van der Waals surface area contributed by atoms with Gasteiger partial charge in [-0.3, -0.25) is 0 Å². The van der Waals surface area contributed by atoms with Gasteiger partial charge in [-0.25, -0.2) is 13.1 Å². The zero-order valence-corrected chi connectivity index (χ0v) is 12.2. The maximum Gasteiger partial charge on any atom is 0.234 e. The summed E-state index contributed by atoms with van der Waals surface area (Å²) >= 11 is 0. The van der Waals surface area contributed by atoms with Crippen molar-refractivity contribution >= 4 is 16.1 Å². The highest BCUT2D eigenvalue weighted by Gasteiger charge is 2.15. The first kappa shape index (κ1) is 15.9. The van der Waals surface area contributed by atoms with Crippen LogP contribution in [-0.4, -0.2) is 21.0 Å². The van der Waals surface area contributed by atoms with E-state index in [1.54, 1.807) is 6.08 Å². The Bertz CT molecular complexity index is 495. The molecule has 0 aliphatic carbocycles. The van der Waals surface area contributed by atoms with Gasteiger partial charge in [-0.1, -0.05) is 44.2 Å². The molecule has 0 saturated carbocycles. The fraction of sp³-hybridized carbons (Fsp3) is 0.429. The van der Waals surface area contributed by atoms with Gasteiger partial charge in [0.1, 0.15) is 0 Å². The molecule has 0 aliphatic rings. The molecule has 0 bridgehead atoms. The average Bonchev–Trinajstić information content (AvgIpc) is 2.36. The summed E-state index contributed by atoms with van der Waals surface area (Å²) in [5.74, 6) is 0.398. The number of benzene rings is 1. The fourth-order valence-corrected chi connectivity index (χ4v) is 2.84. The van der Waals surface area contributed by atoms with Gasteiger partial charge in [0.05, 0.1) is 0 Å². The van der Waals surface area contributed by atoms with Crippen molar-refractivity contribution in [3.8, 4) is 0 Å². The first-order valence-electron chi connectivity index (χ1n) is 6.38. The maximum atomic E-state index is 11.9. The molecule has 0 aliphatic heterocycles. The molecule has 3 N–H and O–H groups in total. The van der Waals surface area contributed by atoms with E-state index in [4.69, 9.17) is 5.73 Å². The molecule has 0 saturated heterocycles. The summed E-state index contributed by atoms with van der Waals surface area (Å²) in [6.45, 7) is 4.38. The molecule has 0 spiro atoms. The Hall–Kier alpha value is -1.17. The van der Waals surface area contributed by atoms with Crippen LogP contribution in [0.2, 0.25) is 0 Å². The standard InChI is InChI=1S/C14H22N2O2S/c1-12(2)10-14(11-15)16-19(17,18)9-8-13-6-4-3-5-7-13/h3-9,12,14,16H,10-11,15H2,1-2H3/b9-8+/t14-/m1/s1. The second-order valence-corrected chi connectivity index (χ2v) is 6.54. The van der Waals surface area contributed by atoms with Gasteiger partial charge in [0.2, 0.25) is 10.0 Å². The second-order valence-electron chi connectivity index (χ2n) is 4.94. The molecule has 1 rings (SSSR count). The lowest BCUT2D eigenvalue weighted by molar-refractivity contribution is 0.467. The van der Waals surface area contributed by atoms with E-state index in [0.717, 1.165) is 12.0 Å². The third-order valence-electron chi connectivity index (χ3n) is 2.61. The third kappa shape index (κ3) is 6.52. The Morgan fingerprint density at radius 1 is 1.26 bits per heavy atom. The number of hydrogen-bond acceptors (Lipinski definition) is 3. The van der Waals surface area contributed by atoms with Crippen molar-refractivity contribution in [3.63, 3.8) is 0 Å². The fourth-order valence-electron chi connectivity index (χ4n) is 1.77. The van der Waals surface area contributed by atoms with Crippen LogP contribution in [0.3, 0.4) is 0 Å². The van der Waals surface area contributed by atoms with Crippen LogP contribution in [0.4, 0.5) is 0 Å². The molecule has 0 heterocycles. The van der Waals surface area contributed by atoms with E-state index in [-0.39, 0.29) is 6.04 Å². The number of sulfonamides is 1. The lowest BCUT2D eigenvalue weighted by Crippen LogP contribution is -2.40. The first-order chi connectivity index (χ1) is 8.93. The Morgan fingerprint density at radius 2 is 1.89 bits per heavy atom. The summed E-state index contributed by atoms with van der Waals surface area (Å²) in [6.07, 6.45) is 2.31. The van der Waals surface area contributed by atoms with Crippen molar-refractivity contribution in [2.45, 2.75) is 26.3 Å². The molecule has 19 heavy (non-hydrogen) atoms. The summed E-state index contributed by atoms with van der Waals surface area (Å²) in [5.41, 5.74) is 6.43. The molecule has 4 nitrogen and oxygen atoms in total. The molecule has 0 unspecified atom stereocenters. The summed E-state index contributed by atoms with van der Waals surface area (Å²) in [7, 11) is -3.45. The van der Waals surface area contributed by atoms with Crippen molar-refractivity contribution in [2.24, 2.45) is 11.7 Å². The van der Waals surface area contributed by atoms with Crippen LogP contribution in [0.5, 0.6) is 0 Å². The molecule has 5 heteroatoms. The quantitative estimate of drug-likeness (QED) is 0.803. The van der Waals surface area contributed by atoms with Crippen LogP contribution >= 0.6 is 0 Å². The van der Waals surface area contributed by atoms with Crippen molar-refractivity contribution in [3.05, 3.63) is 41.3 Å². The molecule has 1 aromatic rings. The van der Waals surface area contributed by atoms with Crippen LogP contribution in [0.15, 0.2) is 35.7 Å². The van der Waals surface area contributed by atoms with Crippen molar-refractivity contribution in [1.29, 1.82) is 0 Å². The minimum absolute atomic E-state index is 0.217. The Morgan fingerprint density at radius 3 is 2.42 bits per heavy atom. The van der Waals surface area contributed by atoms with Gasteiger partial charge < -0.3 is 5.73 Å². The van der Waals surface area contributed by atoms with Crippen LogP contribution in [0.25, 0.3) is 6.08 Å². The number of nitrogens with one attached hydrogen (secondary N) is 1. The van der Waals surface area contributed by atoms with Crippen molar-refractivity contribution in [1.82, 2.24) is 4.72 Å². The van der Waals surface area contributed by atoms with Gasteiger partial charge in [0, 0.05) is 18.0 Å². The number of rotatable bonds is 7. The van der Waals surface area contributed by atoms with Gasteiger partial charge >= 0.3 is 0 Å². The molecule has 1 atom stereocenters. The van der Waals surface area contributed by atoms with Crippen molar-refractivity contribution < 1.29 is 8.42 Å². The molecule has 0 amide bonds. The Labute approximate surface area is 115 Å². The van der Waals surface area contributed by atoms with Crippen LogP contribution in [-0.2, 0) is 10.0 Å². The molecular formula is C14H22N2O2S. The minimum atomic E-state index is -3.45. The number of nitrogens with two attached hydrogens (primary N) is 1. The highest BCUT2D eigenvalue weighted by molar-refractivity contribution is 7.92. The van der Waals surface area contributed by atoms with E-state index in [2.05, 4.69) is 4.72 Å². The van der Waals surface area contributed by atoms with E-state index >= 15 is 0 Å². The topological polar surface area (TPSA) is 72.2 Å². The molecule has 106 valence electrons. The summed E-state index contributed by atoms with van der Waals surface area (Å²) in [4.78, 5) is 0. The van der Waals surface area contributed by atoms with Gasteiger partial charge in [0.15, 0.2) is 0 Å². The van der Waals surface area contributed by atoms with Gasteiger partial charge in [-0.05, 0) is 24.0 Å². The summed E-state index contributed by atoms with van der Waals surface area (Å²) in [6, 6.07) is 9.09. The largest absolute Gasteiger partial charge is 0.329 e. The smallest absolute Gasteiger partial charge is 0.234 e. The van der Waals surface area contributed by atoms with E-state index in [0.29, 0.717) is 12.5 Å². The highest BCUT2D eigenvalue weighted by atomic mass is 32.2. The minimum Gasteiger partial charge on any atom is -0.329 e.